The largest absolute Gasteiger partial charge is 0.486 e. The number of furan rings is 3. The van der Waals surface area contributed by atoms with Gasteiger partial charge in [-0.05, 0) is 227 Å². The number of hydrogen-bond donors (Lipinski definition) is 0. The van der Waals surface area contributed by atoms with Crippen LogP contribution in [0.1, 0.15) is 236 Å². The van der Waals surface area contributed by atoms with Crippen molar-refractivity contribution in [3.05, 3.63) is 322 Å². The monoisotopic (exact) mass is 2550 g/mol. The quantitative estimate of drug-likeness (QED) is 0.0621. The summed E-state index contributed by atoms with van der Waals surface area (Å²) in [6, 6.07) is 71.1. The fourth-order valence-electron chi connectivity index (χ4n) is 16.5. The van der Waals surface area contributed by atoms with E-state index < -0.39 is 131 Å². The van der Waals surface area contributed by atoms with Crippen LogP contribution in [0.3, 0.4) is 0 Å². The molecule has 19 rings (SSSR count). The van der Waals surface area contributed by atoms with Gasteiger partial charge in [0.25, 0.3) is 0 Å². The van der Waals surface area contributed by atoms with Crippen molar-refractivity contribution in [2.45, 2.75) is 261 Å². The number of nitriles is 1. The van der Waals surface area contributed by atoms with Gasteiger partial charge in [0.05, 0.1) is 41.0 Å². The van der Waals surface area contributed by atoms with Gasteiger partial charge in [-0.1, -0.05) is 279 Å². The van der Waals surface area contributed by atoms with E-state index >= 15 is 0 Å². The van der Waals surface area contributed by atoms with Crippen LogP contribution in [0.15, 0.2) is 226 Å². The number of fused-ring (bicyclic) bond motifs is 9. The third-order valence-electron chi connectivity index (χ3n) is 22.9. The molecule has 13 nitrogen and oxygen atoms in total. The van der Waals surface area contributed by atoms with Crippen molar-refractivity contribution in [3.8, 4) is 73.6 Å². The van der Waals surface area contributed by atoms with Gasteiger partial charge in [-0.15, -0.1) is 156 Å². The number of nitrogens with zero attached hydrogens (tertiary/aromatic N) is 10. The molecule has 1 aliphatic carbocycles. The van der Waals surface area contributed by atoms with E-state index in [0.717, 1.165) is 78.9 Å². The number of benzene rings is 6. The van der Waals surface area contributed by atoms with Crippen molar-refractivity contribution < 1.29 is 115 Å². The zero-order chi connectivity index (χ0) is 129. The van der Waals surface area contributed by atoms with Gasteiger partial charge in [-0.25, -0.2) is 20.2 Å². The van der Waals surface area contributed by atoms with E-state index in [1.165, 1.54) is 67.1 Å². The van der Waals surface area contributed by atoms with Gasteiger partial charge in [-0.3, -0.25) is 0 Å². The van der Waals surface area contributed by atoms with Crippen molar-refractivity contribution in [2.75, 3.05) is 0 Å². The molecule has 0 unspecified atom stereocenters. The van der Waals surface area contributed by atoms with E-state index in [0.29, 0.717) is 73.1 Å². The van der Waals surface area contributed by atoms with Crippen molar-refractivity contribution in [2.24, 2.45) is 33.5 Å². The second-order valence-corrected chi connectivity index (χ2v) is 58.3. The summed E-state index contributed by atoms with van der Waals surface area (Å²) < 4.78 is 262. The molecule has 0 aliphatic heterocycles. The average Bonchev–Trinajstić information content (AvgIpc) is 1.57. The molecule has 765 valence electrons. The molecule has 12 aromatic heterocycles. The fraction of sp³-hybridized carbons (Fsp3) is 0.354. The summed E-state index contributed by atoms with van der Waals surface area (Å²) in [5.74, 6) is -0.773. The zero-order valence-electron chi connectivity index (χ0n) is 117. The van der Waals surface area contributed by atoms with Crippen molar-refractivity contribution >= 4 is 106 Å². The number of aryl methyl sites for hydroxylation is 6. The van der Waals surface area contributed by atoms with Gasteiger partial charge in [0.15, 0.2) is 0 Å². The molecule has 0 atom stereocenters. The molecule has 0 N–H and O–H groups in total. The molecule has 0 saturated heterocycles. The van der Waals surface area contributed by atoms with Crippen LogP contribution in [-0.4, -0.2) is 69.1 Å². The van der Waals surface area contributed by atoms with Crippen LogP contribution >= 0.6 is 0 Å². The van der Waals surface area contributed by atoms with Gasteiger partial charge in [0.2, 0.25) is 17.1 Å². The van der Waals surface area contributed by atoms with Crippen LogP contribution in [0, 0.1) is 122 Å². The molecular weight excluding hydrogens is 2370 g/mol. The molecule has 0 spiro atoms. The molecule has 18 aromatic rings. The molecule has 1 fully saturated rings. The standard InChI is InChI=1S/C25H22N3O.C23H23N2O.C22H21N2O.3C19H26NSi.3Ir/c1-15-11-22(27-14-19(15)12-17-5-3-4-6-17)20-10-8-18(13-26)23-21-9-7-16(2)28-25(21)29-24(20)23;1-14-13-24-20(11-16(14)12-23(3,4)5)19-8-6-7-17-18-10-9-15(2)25-22(18)26-21(17)19;1-13(2)10-16-11-20(23-12-14(16)3)19-7-5-6-17-18-9-8-15(4)24-22(18)25-21(17)19;3*1-19(2,3)13-16-12-17(15-10-8-7-9-11-15)20-14-18(16)21(4,5)6;;;/h7-9,11,14,17H,3-6,12H2,1-2H3;6-7,9-11,13H,12H2,1-5H3;5-6,8-9,11-13H,10H2,1-4H3;3*7-10,12,14H,13H2,1-6H3;;;/q6*-1;;;/i2*1D3,2D3,12D2;3D3,4D3,10D2;3*13D2;;;. The minimum absolute atomic E-state index is 0. The molecule has 3 radical (unpaired) electrons. The molecule has 19 heteroatoms. The van der Waals surface area contributed by atoms with Gasteiger partial charge in [0, 0.05) is 178 Å². The molecule has 12 heterocycles. The first-order valence-electron chi connectivity index (χ1n) is 63.0. The zero-order valence-corrected chi connectivity index (χ0v) is 97.1. The summed E-state index contributed by atoms with van der Waals surface area (Å²) in [5, 5.41) is 16.3. The van der Waals surface area contributed by atoms with Gasteiger partial charge in [0.1, 0.15) is 0 Å². The number of aromatic nitrogens is 9. The van der Waals surface area contributed by atoms with Crippen LogP contribution in [0.4, 0.5) is 0 Å². The Hall–Kier alpha value is -10.8. The van der Waals surface area contributed by atoms with Crippen LogP contribution in [0.5, 0.6) is 0 Å². The normalized spacial score (nSPS) is 16.6. The number of pyridine rings is 9. The van der Waals surface area contributed by atoms with Crippen LogP contribution in [-0.2, 0) is 98.6 Å². The maximum absolute atomic E-state index is 9.69. The second kappa shape index (κ2) is 48.6. The Morgan fingerprint density at radius 2 is 0.733 bits per heavy atom. The first kappa shape index (κ1) is 79.3. The molecule has 0 bridgehead atoms. The second-order valence-electron chi connectivity index (χ2n) is 43.2. The topological polar surface area (TPSA) is 179 Å². The Kier molecular flexibility index (Phi) is 26.4. The summed E-state index contributed by atoms with van der Waals surface area (Å²) in [5.41, 5.74) is 7.63. The summed E-state index contributed by atoms with van der Waals surface area (Å²) >= 11 is 0. The molecule has 0 amide bonds. The van der Waals surface area contributed by atoms with E-state index in [2.05, 4.69) is 146 Å². The molecule has 6 aromatic carbocycles. The van der Waals surface area contributed by atoms with E-state index in [9.17, 15) is 5.26 Å². The third-order valence-corrected chi connectivity index (χ3v) is 28.9. The van der Waals surface area contributed by atoms with Crippen molar-refractivity contribution in [3.63, 3.8) is 0 Å². The average molecular weight is 2550 g/mol. The maximum Gasteiger partial charge on any atom is 0.216 e. The van der Waals surface area contributed by atoms with E-state index in [4.69, 9.17) is 54.4 Å². The first-order chi connectivity index (χ1) is 79.4. The van der Waals surface area contributed by atoms with Gasteiger partial charge < -0.3 is 43.2 Å². The van der Waals surface area contributed by atoms with Gasteiger partial charge in [-0.2, -0.15) is 0 Å². The number of hydrogen-bond acceptors (Lipinski definition) is 13. The van der Waals surface area contributed by atoms with E-state index in [1.54, 1.807) is 71.0 Å². The fourth-order valence-corrected chi connectivity index (χ4v) is 20.7. The predicted octanol–water partition coefficient (Wildman–Crippen LogP) is 31.8. The van der Waals surface area contributed by atoms with Crippen LogP contribution in [0.2, 0.25) is 58.9 Å². The predicted molar refractivity (Wildman–Crippen MR) is 605 cm³/mol. The Balaban J connectivity index is 0.000000198. The first-order valence-corrected chi connectivity index (χ1v) is 58.5. The van der Waals surface area contributed by atoms with E-state index in [1.807, 2.05) is 172 Å². The molecule has 146 heavy (non-hydrogen) atoms. The van der Waals surface area contributed by atoms with E-state index in [-0.39, 0.29) is 162 Å². The summed E-state index contributed by atoms with van der Waals surface area (Å²) in [6.07, 6.45) is 2.47. The minimum atomic E-state index is -2.60. The number of rotatable bonds is 17. The van der Waals surface area contributed by atoms with Crippen molar-refractivity contribution in [1.29, 1.82) is 5.26 Å². The Labute approximate surface area is 954 Å². The summed E-state index contributed by atoms with van der Waals surface area (Å²) in [4.78, 5) is 39.3. The minimum Gasteiger partial charge on any atom is -0.486 e. The molecular formula is C127H144Ir3N10O3Si3-6. The van der Waals surface area contributed by atoms with Crippen molar-refractivity contribution in [1.82, 2.24) is 44.9 Å². The summed E-state index contributed by atoms with van der Waals surface area (Å²) in [6.45, 7) is 31.3. The third kappa shape index (κ3) is 30.1. The maximum atomic E-state index is 9.69. The smallest absolute Gasteiger partial charge is 0.216 e. The molecule has 1 aliphatic rings. The molecule has 1 saturated carbocycles. The van der Waals surface area contributed by atoms with Crippen LogP contribution < -0.4 is 15.6 Å². The Morgan fingerprint density at radius 1 is 0.377 bits per heavy atom. The summed E-state index contributed by atoms with van der Waals surface area (Å²) in [7, 11) is -5.11. The van der Waals surface area contributed by atoms with Crippen LogP contribution in [0.25, 0.3) is 134 Å². The Bertz CT molecular complexity index is 8690. The van der Waals surface area contributed by atoms with Gasteiger partial charge >= 0.3 is 0 Å². The SMILES string of the molecule is [2H]C([2H])([2H])c1ccc2c(n1)oc1c(-c3cc(C([2H])([2H])C(C)(C)C)c(C([2H])([2H])[2H])cn3)[c-]ccc12.[2H]C([2H])([2H])c1ccc2c(n1)oc1c(-c3cc(C([2H])([2H])C(C)C)c(C([2H])([2H])[2H])cn3)[c-]ccc12.[2H]C([2H])([2H])c1ccc2c(n1)oc1c(-c3cc(C([2H])([2H])[2H])c(C([2H])([2H])C4CCCC4)cn3)[c-]cc(C#N)c12.[2H]C([2H])(c1cc(-c2[c-]cccc2)ncc1[Si](C)(C)C)C(C)(C)C.[2H]C([2H])(c1cc(-c2[c-]cccc2)ncc1[Si](C)(C)C)C(C)(C)C.[2H]C([2H])(c1cc(-c2[c-]cccc2)ncc1[Si](C)(C)C)C(C)(C)C.[Ir].[Ir].[Ir]. The Morgan fingerprint density at radius 3 is 1.11 bits per heavy atom.